The summed E-state index contributed by atoms with van der Waals surface area (Å²) < 4.78 is 10.5. The Kier molecular flexibility index (Phi) is 1.70. The number of nitrogens with one attached hydrogen (secondary N) is 2. The van der Waals surface area contributed by atoms with Gasteiger partial charge >= 0.3 is 0 Å². The fraction of sp³-hybridized carbons (Fsp3) is 0.444. The van der Waals surface area contributed by atoms with E-state index in [0.29, 0.717) is 23.3 Å². The van der Waals surface area contributed by atoms with Crippen LogP contribution < -0.4 is 10.6 Å². The number of nitrogens with zero attached hydrogens (tertiary/aromatic N) is 1. The number of oxazole rings is 1. The molecule has 0 saturated carbocycles. The summed E-state index contributed by atoms with van der Waals surface area (Å²) in [6.07, 6.45) is 4.01. The molecule has 2 aromatic rings. The Balaban J connectivity index is 1.80. The highest BCUT2D eigenvalue weighted by Gasteiger charge is 2.16. The third-order valence-electron chi connectivity index (χ3n) is 2.41. The molecule has 1 aliphatic rings. The first-order valence-electron chi connectivity index (χ1n) is 4.75. The minimum Gasteiger partial charge on any atom is -0.440 e. The van der Waals surface area contributed by atoms with E-state index in [4.69, 9.17) is 8.83 Å². The Hall–Kier alpha value is -1.49. The summed E-state index contributed by atoms with van der Waals surface area (Å²) in [5, 5.41) is 6.56. The van der Waals surface area contributed by atoms with Crippen molar-refractivity contribution in [1.82, 2.24) is 10.3 Å². The monoisotopic (exact) mass is 193 g/mol. The van der Waals surface area contributed by atoms with Crippen molar-refractivity contribution in [2.45, 2.75) is 19.0 Å². The maximum Gasteiger partial charge on any atom is 0.267 e. The molecule has 2 aromatic heterocycles. The lowest BCUT2D eigenvalue weighted by Gasteiger charge is -2.10. The Morgan fingerprint density at radius 1 is 1.57 bits per heavy atom. The van der Waals surface area contributed by atoms with Crippen LogP contribution in [-0.2, 0) is 0 Å². The van der Waals surface area contributed by atoms with Crippen LogP contribution in [0.2, 0.25) is 0 Å². The van der Waals surface area contributed by atoms with Crippen LogP contribution in [-0.4, -0.2) is 17.7 Å². The molecule has 74 valence electrons. The number of hydrogen-bond acceptors (Lipinski definition) is 5. The SMILES string of the molecule is c1nc2oc(NC3CCCN3)cc2o1. The van der Waals surface area contributed by atoms with Gasteiger partial charge in [0.2, 0.25) is 5.88 Å². The van der Waals surface area contributed by atoms with Crippen molar-refractivity contribution >= 4 is 17.2 Å². The molecule has 2 N–H and O–H groups in total. The van der Waals surface area contributed by atoms with Gasteiger partial charge in [-0.15, -0.1) is 0 Å². The van der Waals surface area contributed by atoms with Gasteiger partial charge in [0.1, 0.15) is 0 Å². The number of aromatic nitrogens is 1. The Morgan fingerprint density at radius 2 is 2.57 bits per heavy atom. The van der Waals surface area contributed by atoms with Crippen molar-refractivity contribution < 1.29 is 8.83 Å². The van der Waals surface area contributed by atoms with E-state index in [1.165, 1.54) is 12.8 Å². The van der Waals surface area contributed by atoms with Crippen molar-refractivity contribution in [2.24, 2.45) is 0 Å². The van der Waals surface area contributed by atoms with E-state index in [1.54, 1.807) is 0 Å². The molecule has 5 nitrogen and oxygen atoms in total. The average Bonchev–Trinajstić information content (AvgIpc) is 2.78. The van der Waals surface area contributed by atoms with Gasteiger partial charge in [-0.05, 0) is 19.4 Å². The van der Waals surface area contributed by atoms with Crippen LogP contribution in [0.3, 0.4) is 0 Å². The topological polar surface area (TPSA) is 63.2 Å². The Labute approximate surface area is 80.5 Å². The van der Waals surface area contributed by atoms with E-state index in [-0.39, 0.29) is 0 Å². The zero-order chi connectivity index (χ0) is 9.38. The molecule has 3 rings (SSSR count). The fourth-order valence-electron chi connectivity index (χ4n) is 1.72. The molecule has 1 unspecified atom stereocenters. The van der Waals surface area contributed by atoms with E-state index >= 15 is 0 Å². The van der Waals surface area contributed by atoms with Crippen LogP contribution in [0.25, 0.3) is 11.3 Å². The molecular weight excluding hydrogens is 182 g/mol. The second-order valence-electron chi connectivity index (χ2n) is 3.43. The molecule has 0 amide bonds. The molecule has 1 fully saturated rings. The third kappa shape index (κ3) is 1.26. The molecule has 0 bridgehead atoms. The number of fused-ring (bicyclic) bond motifs is 1. The van der Waals surface area contributed by atoms with Crippen LogP contribution in [0.15, 0.2) is 21.3 Å². The lowest BCUT2D eigenvalue weighted by atomic mass is 10.3. The molecule has 0 aromatic carbocycles. The van der Waals surface area contributed by atoms with E-state index in [9.17, 15) is 0 Å². The van der Waals surface area contributed by atoms with Crippen LogP contribution in [0.1, 0.15) is 12.8 Å². The number of rotatable bonds is 2. The van der Waals surface area contributed by atoms with Gasteiger partial charge in [0.15, 0.2) is 12.0 Å². The highest BCUT2D eigenvalue weighted by Crippen LogP contribution is 2.22. The molecule has 1 atom stereocenters. The summed E-state index contributed by atoms with van der Waals surface area (Å²) in [7, 11) is 0. The summed E-state index contributed by atoms with van der Waals surface area (Å²) in [4.78, 5) is 3.92. The van der Waals surface area contributed by atoms with Crippen LogP contribution in [0.4, 0.5) is 5.88 Å². The lowest BCUT2D eigenvalue weighted by Crippen LogP contribution is -2.29. The minimum atomic E-state index is 0.310. The van der Waals surface area contributed by atoms with E-state index in [0.717, 1.165) is 13.0 Å². The second kappa shape index (κ2) is 3.02. The van der Waals surface area contributed by atoms with Crippen molar-refractivity contribution in [1.29, 1.82) is 0 Å². The fourth-order valence-corrected chi connectivity index (χ4v) is 1.72. The molecule has 14 heavy (non-hydrogen) atoms. The summed E-state index contributed by atoms with van der Waals surface area (Å²) in [6, 6.07) is 1.82. The van der Waals surface area contributed by atoms with Gasteiger partial charge in [0, 0.05) is 6.07 Å². The quantitative estimate of drug-likeness (QED) is 0.757. The molecular formula is C9H11N3O2. The predicted octanol–water partition coefficient (Wildman–Crippen LogP) is 1.54. The van der Waals surface area contributed by atoms with E-state index in [1.807, 2.05) is 6.07 Å². The van der Waals surface area contributed by atoms with Crippen molar-refractivity contribution in [3.8, 4) is 0 Å². The van der Waals surface area contributed by atoms with Gasteiger partial charge in [0.05, 0.1) is 6.17 Å². The largest absolute Gasteiger partial charge is 0.440 e. The van der Waals surface area contributed by atoms with Crippen molar-refractivity contribution in [3.63, 3.8) is 0 Å². The van der Waals surface area contributed by atoms with Gasteiger partial charge in [0.25, 0.3) is 5.71 Å². The predicted molar refractivity (Wildman–Crippen MR) is 50.9 cm³/mol. The molecule has 3 heterocycles. The zero-order valence-electron chi connectivity index (χ0n) is 7.62. The molecule has 0 spiro atoms. The maximum atomic E-state index is 5.41. The molecule has 1 aliphatic heterocycles. The van der Waals surface area contributed by atoms with Crippen molar-refractivity contribution in [2.75, 3.05) is 11.9 Å². The van der Waals surface area contributed by atoms with Gasteiger partial charge in [-0.3, -0.25) is 5.32 Å². The third-order valence-corrected chi connectivity index (χ3v) is 2.41. The first kappa shape index (κ1) is 7.87. The first-order chi connectivity index (χ1) is 6.92. The molecule has 1 saturated heterocycles. The highest BCUT2D eigenvalue weighted by molar-refractivity contribution is 5.70. The van der Waals surface area contributed by atoms with E-state index < -0.39 is 0 Å². The Bertz CT molecular complexity index is 399. The number of anilines is 1. The lowest BCUT2D eigenvalue weighted by molar-refractivity contribution is 0.581. The Morgan fingerprint density at radius 3 is 3.36 bits per heavy atom. The maximum absolute atomic E-state index is 5.41. The van der Waals surface area contributed by atoms with Crippen LogP contribution >= 0.6 is 0 Å². The van der Waals surface area contributed by atoms with Crippen molar-refractivity contribution in [3.05, 3.63) is 12.5 Å². The van der Waals surface area contributed by atoms with E-state index in [2.05, 4.69) is 15.6 Å². The smallest absolute Gasteiger partial charge is 0.267 e. The minimum absolute atomic E-state index is 0.310. The standard InChI is InChI=1S/C9H11N3O2/c1-2-7(10-3-1)12-8-4-6-9(14-8)11-5-13-6/h4-5,7,10,12H,1-3H2. The molecule has 0 aliphatic carbocycles. The van der Waals surface area contributed by atoms with Crippen LogP contribution in [0.5, 0.6) is 0 Å². The molecule has 5 heteroatoms. The average molecular weight is 193 g/mol. The summed E-state index contributed by atoms with van der Waals surface area (Å²) >= 11 is 0. The zero-order valence-corrected chi connectivity index (χ0v) is 7.62. The summed E-state index contributed by atoms with van der Waals surface area (Å²) in [5.74, 6) is 0.714. The summed E-state index contributed by atoms with van der Waals surface area (Å²) in [5.41, 5.74) is 1.23. The first-order valence-corrected chi connectivity index (χ1v) is 4.75. The highest BCUT2D eigenvalue weighted by atomic mass is 16.4. The van der Waals surface area contributed by atoms with Crippen LogP contribution in [0, 0.1) is 0 Å². The van der Waals surface area contributed by atoms with Gasteiger partial charge in [-0.1, -0.05) is 0 Å². The normalized spacial score (nSPS) is 21.9. The second-order valence-corrected chi connectivity index (χ2v) is 3.43. The number of hydrogen-bond donors (Lipinski definition) is 2. The van der Waals surface area contributed by atoms with Gasteiger partial charge in [-0.25, -0.2) is 0 Å². The van der Waals surface area contributed by atoms with Gasteiger partial charge < -0.3 is 14.2 Å². The summed E-state index contributed by atoms with van der Waals surface area (Å²) in [6.45, 7) is 1.06. The number of furan rings is 1. The molecule has 0 radical (unpaired) electrons. The van der Waals surface area contributed by atoms with Gasteiger partial charge in [-0.2, -0.15) is 4.98 Å².